The lowest BCUT2D eigenvalue weighted by Gasteiger charge is -2.34. The summed E-state index contributed by atoms with van der Waals surface area (Å²) in [6, 6.07) is 0.700. The fourth-order valence-corrected chi connectivity index (χ4v) is 4.10. The Bertz CT molecular complexity index is 357. The number of urea groups is 1. The summed E-state index contributed by atoms with van der Waals surface area (Å²) in [5.74, 6) is 0. The summed E-state index contributed by atoms with van der Waals surface area (Å²) < 4.78 is 5.74. The average molecular weight is 310 g/mol. The molecule has 0 spiro atoms. The highest BCUT2D eigenvalue weighted by atomic mass is 16.5. The van der Waals surface area contributed by atoms with Gasteiger partial charge in [-0.3, -0.25) is 0 Å². The number of aliphatic hydroxyl groups excluding tert-OH is 1. The second-order valence-electron chi connectivity index (χ2n) is 7.18. The Labute approximate surface area is 133 Å². The third-order valence-electron chi connectivity index (χ3n) is 5.47. The van der Waals surface area contributed by atoms with Gasteiger partial charge < -0.3 is 20.1 Å². The molecule has 126 valence electrons. The number of aliphatic hydroxyl groups is 1. The van der Waals surface area contributed by atoms with E-state index in [0.29, 0.717) is 6.04 Å². The molecule has 3 rings (SSSR count). The maximum atomic E-state index is 12.8. The molecule has 1 unspecified atom stereocenters. The summed E-state index contributed by atoms with van der Waals surface area (Å²) in [4.78, 5) is 14.8. The van der Waals surface area contributed by atoms with E-state index in [0.717, 1.165) is 64.5 Å². The highest BCUT2D eigenvalue weighted by molar-refractivity contribution is 5.75. The molecule has 5 heteroatoms. The first-order valence-electron chi connectivity index (χ1n) is 9.09. The molecular weight excluding hydrogens is 280 g/mol. The van der Waals surface area contributed by atoms with Gasteiger partial charge >= 0.3 is 6.03 Å². The van der Waals surface area contributed by atoms with Crippen molar-refractivity contribution in [3.05, 3.63) is 0 Å². The smallest absolute Gasteiger partial charge is 0.317 e. The Balaban J connectivity index is 1.56. The molecule has 1 aliphatic heterocycles. The van der Waals surface area contributed by atoms with Crippen LogP contribution in [0, 0.1) is 0 Å². The standard InChI is InChI=1S/C17H30N2O3/c20-15-9-7-13(8-10-15)18-17(21)19(14-4-1-2-5-14)12-16-6-3-11-22-16/h13-16,20H,1-12H2,(H,18,21). The van der Waals surface area contributed by atoms with Crippen LogP contribution in [0.25, 0.3) is 0 Å². The van der Waals surface area contributed by atoms with Crippen molar-refractivity contribution in [1.82, 2.24) is 10.2 Å². The van der Waals surface area contributed by atoms with Gasteiger partial charge in [-0.25, -0.2) is 4.79 Å². The summed E-state index contributed by atoms with van der Waals surface area (Å²) in [5.41, 5.74) is 0. The lowest BCUT2D eigenvalue weighted by molar-refractivity contribution is 0.0674. The van der Waals surface area contributed by atoms with Gasteiger partial charge in [0.05, 0.1) is 12.2 Å². The van der Waals surface area contributed by atoms with Gasteiger partial charge in [-0.05, 0) is 51.4 Å². The van der Waals surface area contributed by atoms with Gasteiger partial charge in [-0.2, -0.15) is 0 Å². The second-order valence-corrected chi connectivity index (χ2v) is 7.18. The molecule has 2 saturated carbocycles. The molecule has 0 aromatic carbocycles. The summed E-state index contributed by atoms with van der Waals surface area (Å²) in [7, 11) is 0. The normalized spacial score (nSPS) is 33.0. The van der Waals surface area contributed by atoms with Crippen LogP contribution in [-0.2, 0) is 4.74 Å². The lowest BCUT2D eigenvalue weighted by Crippen LogP contribution is -2.51. The Morgan fingerprint density at radius 1 is 1.05 bits per heavy atom. The largest absolute Gasteiger partial charge is 0.393 e. The summed E-state index contributed by atoms with van der Waals surface area (Å²) in [5, 5.41) is 12.8. The number of hydrogen-bond acceptors (Lipinski definition) is 3. The zero-order chi connectivity index (χ0) is 15.4. The highest BCUT2D eigenvalue weighted by Crippen LogP contribution is 2.26. The van der Waals surface area contributed by atoms with E-state index in [1.165, 1.54) is 12.8 Å². The number of ether oxygens (including phenoxy) is 1. The van der Waals surface area contributed by atoms with Crippen LogP contribution in [0.15, 0.2) is 0 Å². The van der Waals surface area contributed by atoms with Crippen LogP contribution < -0.4 is 5.32 Å². The molecule has 1 atom stereocenters. The van der Waals surface area contributed by atoms with Crippen LogP contribution in [0.2, 0.25) is 0 Å². The van der Waals surface area contributed by atoms with Crippen molar-refractivity contribution in [1.29, 1.82) is 0 Å². The van der Waals surface area contributed by atoms with Crippen LogP contribution in [0.3, 0.4) is 0 Å². The van der Waals surface area contributed by atoms with Gasteiger partial charge in [0.15, 0.2) is 0 Å². The SMILES string of the molecule is O=C(NC1CCC(O)CC1)N(CC1CCCO1)C1CCCC1. The van der Waals surface area contributed by atoms with E-state index in [-0.39, 0.29) is 24.3 Å². The fraction of sp³-hybridized carbons (Fsp3) is 0.941. The number of carbonyl (C=O) groups is 1. The Morgan fingerprint density at radius 2 is 1.77 bits per heavy atom. The molecule has 1 saturated heterocycles. The Morgan fingerprint density at radius 3 is 2.41 bits per heavy atom. The van der Waals surface area contributed by atoms with E-state index < -0.39 is 0 Å². The highest BCUT2D eigenvalue weighted by Gasteiger charge is 2.31. The molecule has 5 nitrogen and oxygen atoms in total. The van der Waals surface area contributed by atoms with Crippen molar-refractivity contribution in [2.24, 2.45) is 0 Å². The molecule has 2 N–H and O–H groups in total. The average Bonchev–Trinajstić information content (AvgIpc) is 3.20. The van der Waals surface area contributed by atoms with Gasteiger partial charge in [0.1, 0.15) is 0 Å². The van der Waals surface area contributed by atoms with E-state index in [2.05, 4.69) is 5.32 Å². The number of carbonyl (C=O) groups excluding carboxylic acids is 1. The molecule has 22 heavy (non-hydrogen) atoms. The summed E-state index contributed by atoms with van der Waals surface area (Å²) in [6.45, 7) is 1.58. The van der Waals surface area contributed by atoms with Crippen LogP contribution in [0.5, 0.6) is 0 Å². The Hall–Kier alpha value is -0.810. The van der Waals surface area contributed by atoms with E-state index in [4.69, 9.17) is 4.74 Å². The number of amides is 2. The predicted octanol–water partition coefficient (Wildman–Crippen LogP) is 2.42. The minimum absolute atomic E-state index is 0.0868. The van der Waals surface area contributed by atoms with Gasteiger partial charge in [-0.1, -0.05) is 12.8 Å². The minimum Gasteiger partial charge on any atom is -0.393 e. The molecular formula is C17H30N2O3. The summed E-state index contributed by atoms with van der Waals surface area (Å²) in [6.07, 6.45) is 10.4. The van der Waals surface area contributed by atoms with Crippen LogP contribution >= 0.6 is 0 Å². The molecule has 3 fully saturated rings. The van der Waals surface area contributed by atoms with E-state index in [1.807, 2.05) is 4.90 Å². The molecule has 0 bridgehead atoms. The monoisotopic (exact) mass is 310 g/mol. The van der Waals surface area contributed by atoms with Gasteiger partial charge in [-0.15, -0.1) is 0 Å². The van der Waals surface area contributed by atoms with E-state index >= 15 is 0 Å². The molecule has 0 radical (unpaired) electrons. The van der Waals surface area contributed by atoms with Crippen molar-refractivity contribution in [3.63, 3.8) is 0 Å². The third-order valence-corrected chi connectivity index (χ3v) is 5.47. The van der Waals surface area contributed by atoms with Crippen molar-refractivity contribution in [2.75, 3.05) is 13.2 Å². The zero-order valence-corrected chi connectivity index (χ0v) is 13.5. The van der Waals surface area contributed by atoms with Crippen LogP contribution in [0.1, 0.15) is 64.2 Å². The molecule has 0 aromatic heterocycles. The van der Waals surface area contributed by atoms with Crippen molar-refractivity contribution in [2.45, 2.75) is 88.5 Å². The predicted molar refractivity (Wildman–Crippen MR) is 84.7 cm³/mol. The third kappa shape index (κ3) is 4.13. The van der Waals surface area contributed by atoms with E-state index in [1.54, 1.807) is 0 Å². The summed E-state index contributed by atoms with van der Waals surface area (Å²) >= 11 is 0. The maximum absolute atomic E-state index is 12.8. The minimum atomic E-state index is -0.175. The second kappa shape index (κ2) is 7.64. The molecule has 0 aromatic rings. The first-order valence-corrected chi connectivity index (χ1v) is 9.09. The molecule has 2 amide bonds. The van der Waals surface area contributed by atoms with Crippen LogP contribution in [0.4, 0.5) is 4.79 Å². The fourth-order valence-electron chi connectivity index (χ4n) is 4.10. The van der Waals surface area contributed by atoms with Crippen molar-refractivity contribution >= 4 is 6.03 Å². The maximum Gasteiger partial charge on any atom is 0.317 e. The van der Waals surface area contributed by atoms with Gasteiger partial charge in [0.25, 0.3) is 0 Å². The van der Waals surface area contributed by atoms with E-state index in [9.17, 15) is 9.90 Å². The Kier molecular flexibility index (Phi) is 5.58. The van der Waals surface area contributed by atoms with Crippen molar-refractivity contribution in [3.8, 4) is 0 Å². The quantitative estimate of drug-likeness (QED) is 0.838. The first kappa shape index (κ1) is 16.1. The van der Waals surface area contributed by atoms with Crippen LogP contribution in [-0.4, -0.2) is 53.5 Å². The topological polar surface area (TPSA) is 61.8 Å². The number of nitrogens with zero attached hydrogens (tertiary/aromatic N) is 1. The lowest BCUT2D eigenvalue weighted by atomic mass is 9.93. The van der Waals surface area contributed by atoms with Crippen molar-refractivity contribution < 1.29 is 14.6 Å². The number of nitrogens with one attached hydrogen (secondary N) is 1. The zero-order valence-electron chi connectivity index (χ0n) is 13.5. The molecule has 1 heterocycles. The molecule has 2 aliphatic carbocycles. The molecule has 3 aliphatic rings. The van der Waals surface area contributed by atoms with Gasteiger partial charge in [0.2, 0.25) is 0 Å². The number of hydrogen-bond donors (Lipinski definition) is 2. The van der Waals surface area contributed by atoms with Gasteiger partial charge in [0, 0.05) is 25.2 Å². The first-order chi connectivity index (χ1) is 10.7. The number of rotatable bonds is 4.